The summed E-state index contributed by atoms with van der Waals surface area (Å²) in [6.45, 7) is 4.13. The summed E-state index contributed by atoms with van der Waals surface area (Å²) in [5.74, 6) is 0.974. The Balaban J connectivity index is 2.19. The molecule has 0 amide bonds. The van der Waals surface area contributed by atoms with E-state index in [4.69, 9.17) is 4.74 Å². The molecule has 0 aromatic carbocycles. The van der Waals surface area contributed by atoms with E-state index >= 15 is 0 Å². The Morgan fingerprint density at radius 3 is 2.92 bits per heavy atom. The van der Waals surface area contributed by atoms with Gasteiger partial charge in [0.25, 0.3) is 0 Å². The quantitative estimate of drug-likeness (QED) is 0.707. The van der Waals surface area contributed by atoms with Crippen LogP contribution in [0.15, 0.2) is 12.3 Å². The normalized spacial score (nSPS) is 15.8. The van der Waals surface area contributed by atoms with Crippen LogP contribution in [0.1, 0.15) is 31.0 Å². The molecule has 0 atom stereocenters. The highest BCUT2D eigenvalue weighted by molar-refractivity contribution is 5.31. The number of aromatic nitrogens is 1. The molecule has 1 aliphatic rings. The molecule has 1 aliphatic carbocycles. The maximum atomic E-state index is 5.74. The highest BCUT2D eigenvalue weighted by Gasteiger charge is 2.24. The first-order valence-corrected chi connectivity index (χ1v) is 4.91. The minimum Gasteiger partial charge on any atom is -0.489 e. The lowest BCUT2D eigenvalue weighted by Gasteiger charge is -2.08. The lowest BCUT2D eigenvalue weighted by molar-refractivity contribution is 0.299. The summed E-state index contributed by atoms with van der Waals surface area (Å²) < 4.78 is 5.74. The number of nitrogens with zero attached hydrogens (tertiary/aromatic N) is 1. The summed E-state index contributed by atoms with van der Waals surface area (Å²) in [5.41, 5.74) is 2.25. The van der Waals surface area contributed by atoms with Gasteiger partial charge in [0.15, 0.2) is 0 Å². The second-order valence-electron chi connectivity index (χ2n) is 3.60. The smallest absolute Gasteiger partial charge is 0.141 e. The monoisotopic (exact) mass is 177 g/mol. The zero-order chi connectivity index (χ0) is 9.26. The first-order valence-electron chi connectivity index (χ1n) is 4.91. The van der Waals surface area contributed by atoms with Crippen molar-refractivity contribution in [2.45, 2.75) is 39.2 Å². The van der Waals surface area contributed by atoms with Crippen molar-refractivity contribution in [1.29, 1.82) is 0 Å². The zero-order valence-electron chi connectivity index (χ0n) is 8.21. The van der Waals surface area contributed by atoms with Crippen LogP contribution < -0.4 is 4.74 Å². The number of rotatable bonds is 3. The van der Waals surface area contributed by atoms with Crippen LogP contribution in [0.3, 0.4) is 0 Å². The van der Waals surface area contributed by atoms with Gasteiger partial charge in [-0.05, 0) is 37.8 Å². The molecule has 0 radical (unpaired) electrons. The predicted octanol–water partition coefficient (Wildman–Crippen LogP) is 2.49. The SMILES string of the molecule is CCc1cnc(C)c(OC2CC2)c1. The molecule has 0 saturated heterocycles. The Kier molecular flexibility index (Phi) is 2.21. The van der Waals surface area contributed by atoms with E-state index < -0.39 is 0 Å². The largest absolute Gasteiger partial charge is 0.489 e. The Hall–Kier alpha value is -1.05. The molecule has 0 bridgehead atoms. The predicted molar refractivity (Wildman–Crippen MR) is 52.0 cm³/mol. The molecule has 1 fully saturated rings. The van der Waals surface area contributed by atoms with Gasteiger partial charge in [-0.3, -0.25) is 4.98 Å². The molecule has 1 aromatic rings. The summed E-state index contributed by atoms with van der Waals surface area (Å²) in [5, 5.41) is 0. The van der Waals surface area contributed by atoms with E-state index in [-0.39, 0.29) is 0 Å². The molecule has 1 heterocycles. The first kappa shape index (κ1) is 8.54. The van der Waals surface area contributed by atoms with Gasteiger partial charge in [0.2, 0.25) is 0 Å². The summed E-state index contributed by atoms with van der Waals surface area (Å²) in [6, 6.07) is 2.11. The first-order chi connectivity index (χ1) is 6.29. The van der Waals surface area contributed by atoms with Crippen molar-refractivity contribution in [2.24, 2.45) is 0 Å². The van der Waals surface area contributed by atoms with E-state index in [0.29, 0.717) is 6.10 Å². The molecule has 70 valence electrons. The fourth-order valence-corrected chi connectivity index (χ4v) is 1.23. The van der Waals surface area contributed by atoms with Crippen molar-refractivity contribution >= 4 is 0 Å². The van der Waals surface area contributed by atoms with Crippen molar-refractivity contribution in [3.05, 3.63) is 23.5 Å². The molecule has 1 saturated carbocycles. The van der Waals surface area contributed by atoms with E-state index in [1.165, 1.54) is 18.4 Å². The average Bonchev–Trinajstić information content (AvgIpc) is 2.93. The van der Waals surface area contributed by atoms with Crippen molar-refractivity contribution in [3.8, 4) is 5.75 Å². The standard InChI is InChI=1S/C11H15NO/c1-3-9-6-11(8(2)12-7-9)13-10-4-5-10/h6-7,10H,3-5H2,1-2H3. The Morgan fingerprint density at radius 2 is 2.31 bits per heavy atom. The summed E-state index contributed by atoms with van der Waals surface area (Å²) >= 11 is 0. The summed E-state index contributed by atoms with van der Waals surface area (Å²) in [7, 11) is 0. The number of hydrogen-bond donors (Lipinski definition) is 0. The fourth-order valence-electron chi connectivity index (χ4n) is 1.23. The molecule has 0 N–H and O–H groups in total. The van der Waals surface area contributed by atoms with Crippen molar-refractivity contribution in [3.63, 3.8) is 0 Å². The van der Waals surface area contributed by atoms with Gasteiger partial charge in [0.05, 0.1) is 11.8 Å². The fraction of sp³-hybridized carbons (Fsp3) is 0.545. The lowest BCUT2D eigenvalue weighted by Crippen LogP contribution is -2.00. The maximum absolute atomic E-state index is 5.74. The van der Waals surface area contributed by atoms with E-state index in [0.717, 1.165) is 17.9 Å². The average molecular weight is 177 g/mol. The van der Waals surface area contributed by atoms with Crippen LogP contribution in [0.25, 0.3) is 0 Å². The van der Waals surface area contributed by atoms with Crippen LogP contribution in [-0.4, -0.2) is 11.1 Å². The third-order valence-corrected chi connectivity index (χ3v) is 2.32. The molecule has 2 rings (SSSR count). The van der Waals surface area contributed by atoms with E-state index in [1.807, 2.05) is 13.1 Å². The molecule has 0 unspecified atom stereocenters. The second-order valence-corrected chi connectivity index (χ2v) is 3.60. The van der Waals surface area contributed by atoms with Gasteiger partial charge in [0, 0.05) is 6.20 Å². The van der Waals surface area contributed by atoms with Crippen LogP contribution in [0, 0.1) is 6.92 Å². The lowest BCUT2D eigenvalue weighted by atomic mass is 10.2. The van der Waals surface area contributed by atoms with Gasteiger partial charge in [-0.1, -0.05) is 6.92 Å². The van der Waals surface area contributed by atoms with E-state index in [2.05, 4.69) is 18.0 Å². The highest BCUT2D eigenvalue weighted by Crippen LogP contribution is 2.28. The summed E-state index contributed by atoms with van der Waals surface area (Å²) in [4.78, 5) is 4.31. The van der Waals surface area contributed by atoms with Crippen molar-refractivity contribution in [2.75, 3.05) is 0 Å². The molecule has 0 spiro atoms. The Morgan fingerprint density at radius 1 is 1.54 bits per heavy atom. The molecule has 1 aromatic heterocycles. The number of aryl methyl sites for hydroxylation is 2. The number of ether oxygens (including phenoxy) is 1. The van der Waals surface area contributed by atoms with Crippen LogP contribution in [0.4, 0.5) is 0 Å². The number of pyridine rings is 1. The Bertz CT molecular complexity index is 305. The highest BCUT2D eigenvalue weighted by atomic mass is 16.5. The van der Waals surface area contributed by atoms with Crippen molar-refractivity contribution < 1.29 is 4.74 Å². The molecule has 2 heteroatoms. The van der Waals surface area contributed by atoms with Gasteiger partial charge in [-0.2, -0.15) is 0 Å². The van der Waals surface area contributed by atoms with Crippen LogP contribution in [0.5, 0.6) is 5.75 Å². The topological polar surface area (TPSA) is 22.1 Å². The molecular formula is C11H15NO. The third-order valence-electron chi connectivity index (χ3n) is 2.32. The van der Waals surface area contributed by atoms with Gasteiger partial charge < -0.3 is 4.74 Å². The molecular weight excluding hydrogens is 162 g/mol. The molecule has 2 nitrogen and oxygen atoms in total. The van der Waals surface area contributed by atoms with Crippen LogP contribution in [-0.2, 0) is 6.42 Å². The minimum atomic E-state index is 0.465. The van der Waals surface area contributed by atoms with Crippen molar-refractivity contribution in [1.82, 2.24) is 4.98 Å². The van der Waals surface area contributed by atoms with Gasteiger partial charge in [-0.25, -0.2) is 0 Å². The molecule has 13 heavy (non-hydrogen) atoms. The van der Waals surface area contributed by atoms with Gasteiger partial charge in [-0.15, -0.1) is 0 Å². The van der Waals surface area contributed by atoms with Crippen LogP contribution in [0.2, 0.25) is 0 Å². The number of hydrogen-bond acceptors (Lipinski definition) is 2. The maximum Gasteiger partial charge on any atom is 0.141 e. The van der Waals surface area contributed by atoms with E-state index in [9.17, 15) is 0 Å². The zero-order valence-corrected chi connectivity index (χ0v) is 8.21. The Labute approximate surface area is 78.9 Å². The van der Waals surface area contributed by atoms with Gasteiger partial charge >= 0.3 is 0 Å². The summed E-state index contributed by atoms with van der Waals surface area (Å²) in [6.07, 6.45) is 5.82. The third kappa shape index (κ3) is 2.00. The minimum absolute atomic E-state index is 0.465. The molecule has 0 aliphatic heterocycles. The van der Waals surface area contributed by atoms with E-state index in [1.54, 1.807) is 0 Å². The van der Waals surface area contributed by atoms with Gasteiger partial charge in [0.1, 0.15) is 5.75 Å². The van der Waals surface area contributed by atoms with Crippen LogP contribution >= 0.6 is 0 Å². The second kappa shape index (κ2) is 3.36.